The molecule has 2 atom stereocenters. The van der Waals surface area contributed by atoms with Gasteiger partial charge < -0.3 is 15.6 Å². The lowest BCUT2D eigenvalue weighted by Crippen LogP contribution is -2.19. The molecule has 30 heavy (non-hydrogen) atoms. The van der Waals surface area contributed by atoms with Crippen LogP contribution in [-0.2, 0) is 11.3 Å². The molecule has 2 aromatic carbocycles. The average molecular weight is 422 g/mol. The number of hydrazone groups is 1. The Balaban J connectivity index is 1.50. The lowest BCUT2D eigenvalue weighted by atomic mass is 10.0. The number of rotatable bonds is 5. The van der Waals surface area contributed by atoms with E-state index in [0.717, 1.165) is 11.9 Å². The van der Waals surface area contributed by atoms with Crippen molar-refractivity contribution < 1.29 is 9.59 Å². The first-order valence-electron chi connectivity index (χ1n) is 9.83. The number of carbonyl (C=O) groups excluding carboxylic acids is 2. The summed E-state index contributed by atoms with van der Waals surface area (Å²) >= 11 is 6.55. The van der Waals surface area contributed by atoms with Gasteiger partial charge in [0, 0.05) is 35.6 Å². The van der Waals surface area contributed by atoms with E-state index in [4.69, 9.17) is 17.3 Å². The van der Waals surface area contributed by atoms with Crippen molar-refractivity contribution in [3.63, 3.8) is 0 Å². The number of nitrogens with zero attached hydrogens (tertiary/aromatic N) is 2. The lowest BCUT2D eigenvalue weighted by Gasteiger charge is -2.11. The molecule has 1 aliphatic heterocycles. The molecular weight excluding hydrogens is 402 g/mol. The normalized spacial score (nSPS) is 19.5. The second-order valence-electron chi connectivity index (χ2n) is 7.61. The SMILES string of the molecule is NCCn1c(Cl)c2c3c(cc(NC(=O)[C@@H]4C[C@H]4c4ccccc4)cc31)C(=O)NN=C2. The number of aromatic nitrogens is 1. The molecule has 2 amide bonds. The van der Waals surface area contributed by atoms with Crippen molar-refractivity contribution in [2.45, 2.75) is 18.9 Å². The van der Waals surface area contributed by atoms with E-state index in [-0.39, 0.29) is 23.7 Å². The minimum atomic E-state index is -0.346. The molecule has 8 heteroatoms. The fourth-order valence-corrected chi connectivity index (χ4v) is 4.52. The minimum absolute atomic E-state index is 0.0519. The number of halogens is 1. The van der Waals surface area contributed by atoms with Crippen LogP contribution in [0.4, 0.5) is 5.69 Å². The molecule has 2 heterocycles. The van der Waals surface area contributed by atoms with Crippen molar-refractivity contribution >= 4 is 46.2 Å². The Hall–Kier alpha value is -3.16. The van der Waals surface area contributed by atoms with Crippen molar-refractivity contribution in [1.29, 1.82) is 0 Å². The van der Waals surface area contributed by atoms with Crippen LogP contribution in [0, 0.1) is 5.92 Å². The van der Waals surface area contributed by atoms with Gasteiger partial charge >= 0.3 is 0 Å². The second kappa shape index (κ2) is 7.27. The summed E-state index contributed by atoms with van der Waals surface area (Å²) in [5, 5.41) is 8.12. The zero-order chi connectivity index (χ0) is 20.8. The van der Waals surface area contributed by atoms with Crippen LogP contribution >= 0.6 is 11.6 Å². The van der Waals surface area contributed by atoms with Crippen molar-refractivity contribution in [3.05, 3.63) is 64.3 Å². The van der Waals surface area contributed by atoms with Crippen molar-refractivity contribution in [2.75, 3.05) is 11.9 Å². The summed E-state index contributed by atoms with van der Waals surface area (Å²) in [6.45, 7) is 0.874. The number of amides is 2. The van der Waals surface area contributed by atoms with Crippen LogP contribution in [0.5, 0.6) is 0 Å². The minimum Gasteiger partial charge on any atom is -0.330 e. The van der Waals surface area contributed by atoms with E-state index < -0.39 is 0 Å². The van der Waals surface area contributed by atoms with Crippen LogP contribution < -0.4 is 16.5 Å². The third-order valence-corrected chi connectivity index (χ3v) is 6.12. The summed E-state index contributed by atoms with van der Waals surface area (Å²) in [5.41, 5.74) is 11.8. The predicted molar refractivity (Wildman–Crippen MR) is 117 cm³/mol. The highest BCUT2D eigenvalue weighted by Gasteiger charge is 2.43. The Morgan fingerprint density at radius 2 is 2.10 bits per heavy atom. The van der Waals surface area contributed by atoms with Crippen LogP contribution in [0.1, 0.15) is 33.8 Å². The van der Waals surface area contributed by atoms with E-state index in [1.807, 2.05) is 41.0 Å². The van der Waals surface area contributed by atoms with Gasteiger partial charge in [-0.15, -0.1) is 0 Å². The predicted octanol–water partition coefficient (Wildman–Crippen LogP) is 3.07. The van der Waals surface area contributed by atoms with E-state index in [0.29, 0.717) is 40.4 Å². The molecule has 1 fully saturated rings. The third kappa shape index (κ3) is 3.07. The zero-order valence-corrected chi connectivity index (χ0v) is 16.8. The second-order valence-corrected chi connectivity index (χ2v) is 7.97. The Morgan fingerprint density at radius 3 is 2.87 bits per heavy atom. The van der Waals surface area contributed by atoms with Gasteiger partial charge in [-0.05, 0) is 30.0 Å². The highest BCUT2D eigenvalue weighted by Crippen LogP contribution is 2.48. The van der Waals surface area contributed by atoms with Crippen LogP contribution in [0.25, 0.3) is 10.9 Å². The number of nitrogens with two attached hydrogens (primary N) is 1. The number of nitrogens with one attached hydrogen (secondary N) is 2. The first-order valence-corrected chi connectivity index (χ1v) is 10.2. The fourth-order valence-electron chi connectivity index (χ4n) is 4.20. The Labute approximate surface area is 177 Å². The van der Waals surface area contributed by atoms with Crippen molar-refractivity contribution in [2.24, 2.45) is 16.8 Å². The summed E-state index contributed by atoms with van der Waals surface area (Å²) < 4.78 is 1.85. The fraction of sp³-hybridized carbons (Fsp3) is 0.227. The number of anilines is 1. The molecule has 1 aliphatic carbocycles. The largest absolute Gasteiger partial charge is 0.330 e. The molecular formula is C22H20ClN5O2. The molecule has 152 valence electrons. The van der Waals surface area contributed by atoms with Gasteiger partial charge in [0.05, 0.1) is 17.3 Å². The average Bonchev–Trinajstić information content (AvgIpc) is 3.53. The van der Waals surface area contributed by atoms with E-state index in [1.165, 1.54) is 5.56 Å². The van der Waals surface area contributed by atoms with Crippen LogP contribution in [-0.4, -0.2) is 29.1 Å². The molecule has 1 aromatic heterocycles. The van der Waals surface area contributed by atoms with Gasteiger partial charge in [-0.25, -0.2) is 5.43 Å². The van der Waals surface area contributed by atoms with Gasteiger partial charge in [0.15, 0.2) is 0 Å². The van der Waals surface area contributed by atoms with Crippen LogP contribution in [0.3, 0.4) is 0 Å². The molecule has 0 spiro atoms. The molecule has 0 saturated heterocycles. The lowest BCUT2D eigenvalue weighted by molar-refractivity contribution is -0.117. The highest BCUT2D eigenvalue weighted by atomic mass is 35.5. The van der Waals surface area contributed by atoms with E-state index in [1.54, 1.807) is 12.3 Å². The highest BCUT2D eigenvalue weighted by molar-refractivity contribution is 6.35. The Morgan fingerprint density at radius 1 is 1.30 bits per heavy atom. The van der Waals surface area contributed by atoms with Gasteiger partial charge in [-0.1, -0.05) is 41.9 Å². The molecule has 0 unspecified atom stereocenters. The first kappa shape index (κ1) is 18.8. The van der Waals surface area contributed by atoms with Gasteiger partial charge in [0.25, 0.3) is 5.91 Å². The van der Waals surface area contributed by atoms with E-state index >= 15 is 0 Å². The van der Waals surface area contributed by atoms with E-state index in [9.17, 15) is 9.59 Å². The van der Waals surface area contributed by atoms with Crippen LogP contribution in [0.2, 0.25) is 5.15 Å². The maximum Gasteiger partial charge on any atom is 0.272 e. The van der Waals surface area contributed by atoms with Gasteiger partial charge in [0.1, 0.15) is 5.15 Å². The topological polar surface area (TPSA) is 102 Å². The Kier molecular flexibility index (Phi) is 4.56. The van der Waals surface area contributed by atoms with Crippen molar-refractivity contribution in [3.8, 4) is 0 Å². The summed E-state index contributed by atoms with van der Waals surface area (Å²) in [7, 11) is 0. The molecule has 0 radical (unpaired) electrons. The summed E-state index contributed by atoms with van der Waals surface area (Å²) in [5.74, 6) is -0.241. The third-order valence-electron chi connectivity index (χ3n) is 5.72. The quantitative estimate of drug-likeness (QED) is 0.590. The van der Waals surface area contributed by atoms with Gasteiger partial charge in [-0.2, -0.15) is 5.10 Å². The van der Waals surface area contributed by atoms with Gasteiger partial charge in [-0.3, -0.25) is 9.59 Å². The summed E-state index contributed by atoms with van der Waals surface area (Å²) in [6.07, 6.45) is 2.36. The monoisotopic (exact) mass is 421 g/mol. The van der Waals surface area contributed by atoms with Crippen molar-refractivity contribution in [1.82, 2.24) is 9.99 Å². The first-order chi connectivity index (χ1) is 14.6. The summed E-state index contributed by atoms with van der Waals surface area (Å²) in [6, 6.07) is 13.5. The molecule has 2 aliphatic rings. The number of carbonyl (C=O) groups is 2. The van der Waals surface area contributed by atoms with Gasteiger partial charge in [0.2, 0.25) is 5.91 Å². The molecule has 0 bridgehead atoms. The number of hydrogen-bond donors (Lipinski definition) is 3. The Bertz CT molecular complexity index is 1200. The number of hydrogen-bond acceptors (Lipinski definition) is 4. The molecule has 3 aromatic rings. The smallest absolute Gasteiger partial charge is 0.272 e. The number of benzene rings is 2. The maximum atomic E-state index is 12.9. The molecule has 5 rings (SSSR count). The summed E-state index contributed by atoms with van der Waals surface area (Å²) in [4.78, 5) is 25.4. The zero-order valence-electron chi connectivity index (χ0n) is 16.1. The molecule has 7 nitrogen and oxygen atoms in total. The molecule has 4 N–H and O–H groups in total. The maximum absolute atomic E-state index is 12.9. The standard InChI is InChI=1S/C22H20ClN5O2/c23-20-17-11-25-27-22(30)16-8-13(9-18(19(16)17)28(20)7-6-24)26-21(29)15-10-14(15)12-4-2-1-3-5-12/h1-5,8-9,11,14-15H,6-7,10,24H2,(H,26,29)(H,27,30)/t14-,15+/m0/s1. The van der Waals surface area contributed by atoms with E-state index in [2.05, 4.69) is 15.8 Å². The van der Waals surface area contributed by atoms with Crippen LogP contribution in [0.15, 0.2) is 47.6 Å². The molecule has 1 saturated carbocycles.